The second-order valence-electron chi connectivity index (χ2n) is 11.4. The molecule has 11 heteroatoms. The van der Waals surface area contributed by atoms with E-state index in [2.05, 4.69) is 15.5 Å². The molecule has 1 fully saturated rings. The van der Waals surface area contributed by atoms with Crippen LogP contribution < -0.4 is 15.5 Å². The Labute approximate surface area is 265 Å². The van der Waals surface area contributed by atoms with Crippen molar-refractivity contribution in [3.8, 4) is 22.7 Å². The van der Waals surface area contributed by atoms with Crippen molar-refractivity contribution in [1.29, 1.82) is 0 Å². The number of aromatic carboxylic acids is 1. The molecule has 1 saturated heterocycles. The van der Waals surface area contributed by atoms with Crippen molar-refractivity contribution in [2.24, 2.45) is 0 Å². The van der Waals surface area contributed by atoms with Gasteiger partial charge in [-0.1, -0.05) is 18.9 Å². The smallest absolute Gasteiger partial charge is 0.371 e. The van der Waals surface area contributed by atoms with E-state index in [1.54, 1.807) is 56.6 Å². The van der Waals surface area contributed by atoms with Gasteiger partial charge >= 0.3 is 12.0 Å². The maximum atomic E-state index is 12.7. The maximum Gasteiger partial charge on any atom is 0.371 e. The minimum Gasteiger partial charge on any atom is -0.475 e. The summed E-state index contributed by atoms with van der Waals surface area (Å²) in [5, 5.41) is 15.8. The first kappa shape index (κ1) is 30.3. The van der Waals surface area contributed by atoms with Gasteiger partial charge in [0, 0.05) is 60.6 Å². The van der Waals surface area contributed by atoms with Gasteiger partial charge in [-0.2, -0.15) is 0 Å². The Morgan fingerprint density at radius 1 is 0.783 bits per heavy atom. The number of rotatable bonds is 7. The van der Waals surface area contributed by atoms with Gasteiger partial charge in [0.05, 0.1) is 5.52 Å². The Kier molecular flexibility index (Phi) is 8.64. The molecule has 3 aromatic carbocycles. The van der Waals surface area contributed by atoms with Gasteiger partial charge in [0.2, 0.25) is 5.76 Å². The molecule has 3 heterocycles. The van der Waals surface area contributed by atoms with Crippen LogP contribution in [0.3, 0.4) is 0 Å². The van der Waals surface area contributed by atoms with E-state index in [0.717, 1.165) is 53.8 Å². The minimum absolute atomic E-state index is 0.114. The van der Waals surface area contributed by atoms with Crippen molar-refractivity contribution < 1.29 is 23.9 Å². The number of fused-ring (bicyclic) bond motifs is 1. The van der Waals surface area contributed by atoms with Crippen LogP contribution in [0.4, 0.5) is 22.0 Å². The fraction of sp³-hybridized carbons (Fsp3) is 0.229. The van der Waals surface area contributed by atoms with Crippen molar-refractivity contribution in [2.45, 2.75) is 25.7 Å². The van der Waals surface area contributed by atoms with Gasteiger partial charge in [-0.15, -0.1) is 0 Å². The van der Waals surface area contributed by atoms with Crippen molar-refractivity contribution in [3.05, 3.63) is 90.2 Å². The highest BCUT2D eigenvalue weighted by Gasteiger charge is 2.19. The number of carboxylic acids is 1. The molecular weight excluding hydrogens is 584 g/mol. The van der Waals surface area contributed by atoms with Crippen LogP contribution in [0.1, 0.15) is 46.6 Å². The highest BCUT2D eigenvalue weighted by molar-refractivity contribution is 6.01. The van der Waals surface area contributed by atoms with Gasteiger partial charge < -0.3 is 30.0 Å². The number of amides is 3. The molecule has 5 aromatic rings. The number of carbonyl (C=O) groups excluding carboxylic acids is 2. The number of hydrogen-bond acceptors (Lipinski definition) is 7. The molecule has 0 aliphatic carbocycles. The van der Waals surface area contributed by atoms with Gasteiger partial charge in [-0.3, -0.25) is 4.79 Å². The fourth-order valence-electron chi connectivity index (χ4n) is 5.48. The molecule has 3 N–H and O–H groups in total. The molecule has 3 amide bonds. The molecule has 11 nitrogen and oxygen atoms in total. The molecule has 0 saturated carbocycles. The number of carboxylic acid groups (broad SMARTS) is 1. The molecule has 0 atom stereocenters. The first-order valence-corrected chi connectivity index (χ1v) is 15.2. The number of nitrogens with zero attached hydrogens (tertiary/aromatic N) is 4. The van der Waals surface area contributed by atoms with Crippen LogP contribution in [0.2, 0.25) is 0 Å². The van der Waals surface area contributed by atoms with Crippen molar-refractivity contribution in [1.82, 2.24) is 14.9 Å². The van der Waals surface area contributed by atoms with Gasteiger partial charge in [0.25, 0.3) is 5.91 Å². The van der Waals surface area contributed by atoms with Crippen LogP contribution >= 0.6 is 0 Å². The van der Waals surface area contributed by atoms with Crippen LogP contribution in [-0.2, 0) is 0 Å². The van der Waals surface area contributed by atoms with Crippen LogP contribution in [-0.4, -0.2) is 65.1 Å². The lowest BCUT2D eigenvalue weighted by molar-refractivity contribution is 0.0663. The van der Waals surface area contributed by atoms with Gasteiger partial charge in [0.15, 0.2) is 5.82 Å². The van der Waals surface area contributed by atoms with E-state index in [9.17, 15) is 19.5 Å². The van der Waals surface area contributed by atoms with Gasteiger partial charge in [0.1, 0.15) is 11.6 Å². The van der Waals surface area contributed by atoms with Crippen molar-refractivity contribution in [3.63, 3.8) is 0 Å². The van der Waals surface area contributed by atoms with Crippen LogP contribution in [0.5, 0.6) is 0 Å². The molecule has 0 radical (unpaired) electrons. The predicted molar refractivity (Wildman–Crippen MR) is 177 cm³/mol. The lowest BCUT2D eigenvalue weighted by Gasteiger charge is -2.23. The highest BCUT2D eigenvalue weighted by atomic mass is 16.4. The van der Waals surface area contributed by atoms with Crippen LogP contribution in [0.15, 0.2) is 83.3 Å². The third-order valence-corrected chi connectivity index (χ3v) is 7.88. The SMILES string of the molecule is CN(C)C(=O)c1ccc(NC(=O)Nc2ccc(-c3nc(N4CCCCCC4)c4ccc(-c5ccc(C(=O)O)o5)cc4n3)cc2)cc1. The summed E-state index contributed by atoms with van der Waals surface area (Å²) in [5.74, 6) is 0.486. The largest absolute Gasteiger partial charge is 0.475 e. The molecule has 234 valence electrons. The highest BCUT2D eigenvalue weighted by Crippen LogP contribution is 2.33. The summed E-state index contributed by atoms with van der Waals surface area (Å²) in [7, 11) is 3.37. The normalized spacial score (nSPS) is 13.2. The Morgan fingerprint density at radius 3 is 2.02 bits per heavy atom. The number of aromatic nitrogens is 2. The number of benzene rings is 3. The molecule has 0 unspecified atom stereocenters. The van der Waals surface area contributed by atoms with E-state index < -0.39 is 12.0 Å². The fourth-order valence-corrected chi connectivity index (χ4v) is 5.48. The van der Waals surface area contributed by atoms with E-state index in [4.69, 9.17) is 14.4 Å². The van der Waals surface area contributed by atoms with Crippen LogP contribution in [0.25, 0.3) is 33.6 Å². The lowest BCUT2D eigenvalue weighted by Crippen LogP contribution is -2.25. The standard InChI is InChI=1S/C35H34N6O5/c1-40(2)33(42)23-9-14-26(15-10-23)37-35(45)36-25-12-7-22(8-13-25)31-38-28-21-24(29-17-18-30(46-29)34(43)44)11-16-27(28)32(39-31)41-19-5-3-4-6-20-41/h7-18,21H,3-6,19-20H2,1-2H3,(H,43,44)(H2,36,37,45). The predicted octanol–water partition coefficient (Wildman–Crippen LogP) is 6.98. The van der Waals surface area contributed by atoms with Crippen LogP contribution in [0, 0.1) is 0 Å². The summed E-state index contributed by atoms with van der Waals surface area (Å²) < 4.78 is 5.56. The third kappa shape index (κ3) is 6.68. The molecule has 1 aliphatic rings. The number of urea groups is 1. The molecule has 1 aliphatic heterocycles. The van der Waals surface area contributed by atoms with Gasteiger partial charge in [-0.25, -0.2) is 19.6 Å². The zero-order chi connectivity index (χ0) is 32.2. The van der Waals surface area contributed by atoms with E-state index >= 15 is 0 Å². The molecular formula is C35H34N6O5. The van der Waals surface area contributed by atoms with Crippen molar-refractivity contribution >= 4 is 46.0 Å². The summed E-state index contributed by atoms with van der Waals surface area (Å²) in [5.41, 5.74) is 3.89. The molecule has 6 rings (SSSR count). The number of furan rings is 1. The Balaban J connectivity index is 1.25. The average molecular weight is 619 g/mol. The zero-order valence-electron chi connectivity index (χ0n) is 25.6. The monoisotopic (exact) mass is 618 g/mol. The average Bonchev–Trinajstić information content (AvgIpc) is 3.41. The first-order chi connectivity index (χ1) is 22.2. The Hall–Kier alpha value is -5.71. The van der Waals surface area contributed by atoms with E-state index in [0.29, 0.717) is 28.5 Å². The Bertz CT molecular complexity index is 1890. The maximum absolute atomic E-state index is 12.7. The second kappa shape index (κ2) is 13.1. The van der Waals surface area contributed by atoms with Gasteiger partial charge in [-0.05, 0) is 85.6 Å². The number of nitrogens with one attached hydrogen (secondary N) is 2. The number of hydrogen-bond donors (Lipinski definition) is 3. The zero-order valence-corrected chi connectivity index (χ0v) is 25.6. The van der Waals surface area contributed by atoms with Crippen molar-refractivity contribution in [2.75, 3.05) is 42.7 Å². The topological polar surface area (TPSA) is 141 Å². The van der Waals surface area contributed by atoms with E-state index in [-0.39, 0.29) is 11.7 Å². The molecule has 0 bridgehead atoms. The number of anilines is 3. The summed E-state index contributed by atoms with van der Waals surface area (Å²) in [6.07, 6.45) is 4.54. The molecule has 46 heavy (non-hydrogen) atoms. The van der Waals surface area contributed by atoms with E-state index in [1.165, 1.54) is 23.8 Å². The second-order valence-corrected chi connectivity index (χ2v) is 11.4. The summed E-state index contributed by atoms with van der Waals surface area (Å²) in [6.45, 7) is 1.81. The lowest BCUT2D eigenvalue weighted by atomic mass is 10.1. The summed E-state index contributed by atoms with van der Waals surface area (Å²) in [6, 6.07) is 22.4. The molecule has 2 aromatic heterocycles. The minimum atomic E-state index is -1.12. The molecule has 0 spiro atoms. The third-order valence-electron chi connectivity index (χ3n) is 7.88. The van der Waals surface area contributed by atoms with E-state index in [1.807, 2.05) is 30.3 Å². The summed E-state index contributed by atoms with van der Waals surface area (Å²) in [4.78, 5) is 49.9. The summed E-state index contributed by atoms with van der Waals surface area (Å²) >= 11 is 0. The first-order valence-electron chi connectivity index (χ1n) is 15.2. The quantitative estimate of drug-likeness (QED) is 0.177. The number of carbonyl (C=O) groups is 3. The Morgan fingerprint density at radius 2 is 1.41 bits per heavy atom.